The first-order chi connectivity index (χ1) is 14.7. The van der Waals surface area contributed by atoms with Crippen molar-refractivity contribution in [2.75, 3.05) is 11.3 Å². The molecular formula is C20H18FN3O6S. The molecule has 0 amide bonds. The number of halogens is 1. The lowest BCUT2D eigenvalue weighted by Crippen LogP contribution is -2.13. The number of ether oxygens (including phenoxy) is 1. The van der Waals surface area contributed by atoms with E-state index in [1.54, 1.807) is 12.1 Å². The van der Waals surface area contributed by atoms with Crippen molar-refractivity contribution in [2.24, 2.45) is 0 Å². The van der Waals surface area contributed by atoms with Crippen LogP contribution in [0, 0.1) is 5.82 Å². The minimum Gasteiger partial charge on any atom is -0.491 e. The van der Waals surface area contributed by atoms with E-state index in [2.05, 4.69) is 14.9 Å². The van der Waals surface area contributed by atoms with E-state index in [1.807, 2.05) is 0 Å². The van der Waals surface area contributed by atoms with E-state index in [0.29, 0.717) is 11.3 Å². The minimum absolute atomic E-state index is 0.0147. The summed E-state index contributed by atoms with van der Waals surface area (Å²) in [5.74, 6) is -2.04. The van der Waals surface area contributed by atoms with Crippen LogP contribution >= 0.6 is 0 Å². The topological polar surface area (TPSA) is 138 Å². The summed E-state index contributed by atoms with van der Waals surface area (Å²) < 4.78 is 47.1. The Labute approximate surface area is 176 Å². The third kappa shape index (κ3) is 5.89. The van der Waals surface area contributed by atoms with Gasteiger partial charge in [0.05, 0.1) is 17.2 Å². The van der Waals surface area contributed by atoms with Gasteiger partial charge in [0.1, 0.15) is 0 Å². The Morgan fingerprint density at radius 1 is 1.16 bits per heavy atom. The van der Waals surface area contributed by atoms with Gasteiger partial charge in [-0.2, -0.15) is 5.10 Å². The van der Waals surface area contributed by atoms with Crippen LogP contribution in [0.15, 0.2) is 64.3 Å². The number of aromatic nitrogens is 2. The number of sulfonamides is 1. The van der Waals surface area contributed by atoms with Crippen LogP contribution in [0.3, 0.4) is 0 Å². The van der Waals surface area contributed by atoms with Crippen LogP contribution < -0.4 is 15.0 Å². The molecule has 31 heavy (non-hydrogen) atoms. The van der Waals surface area contributed by atoms with Crippen molar-refractivity contribution in [1.29, 1.82) is 0 Å². The van der Waals surface area contributed by atoms with Gasteiger partial charge in [0.25, 0.3) is 15.6 Å². The van der Waals surface area contributed by atoms with Gasteiger partial charge in [-0.05, 0) is 42.8 Å². The molecule has 3 N–H and O–H groups in total. The molecule has 9 nitrogen and oxygen atoms in total. The molecule has 0 radical (unpaired) electrons. The summed E-state index contributed by atoms with van der Waals surface area (Å²) in [7, 11) is -4.10. The molecule has 0 aliphatic rings. The van der Waals surface area contributed by atoms with Gasteiger partial charge in [-0.1, -0.05) is 12.1 Å². The first-order valence-corrected chi connectivity index (χ1v) is 10.6. The molecule has 162 valence electrons. The molecule has 1 aromatic heterocycles. The maximum Gasteiger partial charge on any atom is 0.303 e. The number of H-pyrrole nitrogens is 1. The summed E-state index contributed by atoms with van der Waals surface area (Å²) in [6.45, 7) is -0.0147. The molecule has 11 heteroatoms. The summed E-state index contributed by atoms with van der Waals surface area (Å²) in [5.41, 5.74) is 0.862. The van der Waals surface area contributed by atoms with Gasteiger partial charge in [-0.15, -0.1) is 0 Å². The molecular weight excluding hydrogens is 429 g/mol. The van der Waals surface area contributed by atoms with Crippen molar-refractivity contribution in [3.63, 3.8) is 0 Å². The predicted molar refractivity (Wildman–Crippen MR) is 110 cm³/mol. The van der Waals surface area contributed by atoms with Crippen LogP contribution in [-0.2, 0) is 14.8 Å². The van der Waals surface area contributed by atoms with Gasteiger partial charge < -0.3 is 9.84 Å². The second kappa shape index (κ2) is 9.39. The number of carboxylic acids is 1. The quantitative estimate of drug-likeness (QED) is 0.429. The molecule has 0 saturated heterocycles. The highest BCUT2D eigenvalue weighted by Gasteiger charge is 2.17. The van der Waals surface area contributed by atoms with E-state index in [1.165, 1.54) is 36.4 Å². The van der Waals surface area contributed by atoms with E-state index < -0.39 is 21.8 Å². The maximum atomic E-state index is 14.3. The van der Waals surface area contributed by atoms with Gasteiger partial charge >= 0.3 is 5.97 Å². The van der Waals surface area contributed by atoms with Gasteiger partial charge in [0.15, 0.2) is 11.6 Å². The summed E-state index contributed by atoms with van der Waals surface area (Å²) in [6, 6.07) is 12.3. The van der Waals surface area contributed by atoms with Crippen LogP contribution in [-0.4, -0.2) is 36.3 Å². The normalized spacial score (nSPS) is 11.1. The molecule has 0 unspecified atom stereocenters. The SMILES string of the molecule is O=C(O)CCCOc1ccc(S(=O)(=O)Nc2cccc(-c3ccc(=O)[nH]n3)c2)cc1F. The smallest absolute Gasteiger partial charge is 0.303 e. The van der Waals surface area contributed by atoms with E-state index in [-0.39, 0.29) is 41.3 Å². The molecule has 0 atom stereocenters. The Bertz CT molecular complexity index is 1240. The molecule has 0 aliphatic heterocycles. The molecule has 0 bridgehead atoms. The fraction of sp³-hybridized carbons (Fsp3) is 0.150. The van der Waals surface area contributed by atoms with Crippen LogP contribution in [0.5, 0.6) is 5.75 Å². The van der Waals surface area contributed by atoms with Crippen LogP contribution in [0.2, 0.25) is 0 Å². The maximum absolute atomic E-state index is 14.3. The Balaban J connectivity index is 1.74. The lowest BCUT2D eigenvalue weighted by molar-refractivity contribution is -0.137. The van der Waals surface area contributed by atoms with E-state index in [9.17, 15) is 22.4 Å². The lowest BCUT2D eigenvalue weighted by atomic mass is 10.1. The fourth-order valence-electron chi connectivity index (χ4n) is 2.63. The number of benzene rings is 2. The third-order valence-corrected chi connectivity index (χ3v) is 5.47. The van der Waals surface area contributed by atoms with Gasteiger partial charge in [-0.3, -0.25) is 14.3 Å². The zero-order valence-corrected chi connectivity index (χ0v) is 16.9. The number of carbonyl (C=O) groups is 1. The second-order valence-corrected chi connectivity index (χ2v) is 8.11. The summed E-state index contributed by atoms with van der Waals surface area (Å²) in [4.78, 5) is 21.3. The van der Waals surface area contributed by atoms with E-state index >= 15 is 0 Å². The Morgan fingerprint density at radius 3 is 2.65 bits per heavy atom. The number of aliphatic carboxylic acids is 1. The minimum atomic E-state index is -4.10. The number of hydrogen-bond donors (Lipinski definition) is 3. The highest BCUT2D eigenvalue weighted by atomic mass is 32.2. The molecule has 0 spiro atoms. The Hall–Kier alpha value is -3.73. The standard InChI is InChI=1S/C20H18FN3O6S/c21-16-12-15(6-8-18(16)30-10-2-5-20(26)27)31(28,29)24-14-4-1-3-13(11-14)17-7-9-19(25)23-22-17/h1,3-4,6-9,11-12,24H,2,5,10H2,(H,23,25)(H,26,27). The first kappa shape index (κ1) is 22.0. The van der Waals surface area contributed by atoms with Gasteiger partial charge in [0, 0.05) is 23.7 Å². The first-order valence-electron chi connectivity index (χ1n) is 9.08. The van der Waals surface area contributed by atoms with Crippen molar-refractivity contribution in [3.8, 4) is 17.0 Å². The molecule has 0 fully saturated rings. The van der Waals surface area contributed by atoms with Crippen molar-refractivity contribution in [2.45, 2.75) is 17.7 Å². The van der Waals surface area contributed by atoms with Gasteiger partial charge in [0.2, 0.25) is 0 Å². The third-order valence-electron chi connectivity index (χ3n) is 4.10. The highest BCUT2D eigenvalue weighted by Crippen LogP contribution is 2.25. The van der Waals surface area contributed by atoms with Crippen LogP contribution in [0.25, 0.3) is 11.3 Å². The number of anilines is 1. The predicted octanol–water partition coefficient (Wildman–Crippen LogP) is 2.62. The molecule has 0 saturated carbocycles. The molecule has 3 rings (SSSR count). The highest BCUT2D eigenvalue weighted by molar-refractivity contribution is 7.92. The second-order valence-electron chi connectivity index (χ2n) is 6.43. The number of carboxylic acid groups (broad SMARTS) is 1. The number of hydrogen-bond acceptors (Lipinski definition) is 6. The molecule has 3 aromatic rings. The zero-order chi connectivity index (χ0) is 22.4. The Kier molecular flexibility index (Phi) is 6.65. The molecule has 1 heterocycles. The zero-order valence-electron chi connectivity index (χ0n) is 16.0. The van der Waals surface area contributed by atoms with Crippen LogP contribution in [0.1, 0.15) is 12.8 Å². The number of rotatable bonds is 9. The fourth-order valence-corrected chi connectivity index (χ4v) is 3.69. The average molecular weight is 447 g/mol. The molecule has 0 aliphatic carbocycles. The lowest BCUT2D eigenvalue weighted by Gasteiger charge is -2.11. The summed E-state index contributed by atoms with van der Waals surface area (Å²) in [5, 5.41) is 14.8. The monoisotopic (exact) mass is 447 g/mol. The van der Waals surface area contributed by atoms with Crippen molar-refractivity contribution in [3.05, 3.63) is 70.8 Å². The van der Waals surface area contributed by atoms with Crippen molar-refractivity contribution in [1.82, 2.24) is 10.2 Å². The number of aromatic amines is 1. The molecule has 2 aromatic carbocycles. The Morgan fingerprint density at radius 2 is 1.97 bits per heavy atom. The van der Waals surface area contributed by atoms with E-state index in [0.717, 1.165) is 6.07 Å². The number of nitrogens with one attached hydrogen (secondary N) is 2. The summed E-state index contributed by atoms with van der Waals surface area (Å²) in [6.07, 6.45) is 0.0720. The van der Waals surface area contributed by atoms with Crippen molar-refractivity contribution >= 4 is 21.7 Å². The van der Waals surface area contributed by atoms with Gasteiger partial charge in [-0.25, -0.2) is 17.9 Å². The van der Waals surface area contributed by atoms with Crippen LogP contribution in [0.4, 0.5) is 10.1 Å². The average Bonchev–Trinajstić information content (AvgIpc) is 2.72. The number of nitrogens with zero attached hydrogens (tertiary/aromatic N) is 1. The largest absolute Gasteiger partial charge is 0.491 e. The van der Waals surface area contributed by atoms with Crippen molar-refractivity contribution < 1.29 is 27.4 Å². The summed E-state index contributed by atoms with van der Waals surface area (Å²) >= 11 is 0. The van der Waals surface area contributed by atoms with E-state index in [4.69, 9.17) is 9.84 Å².